The summed E-state index contributed by atoms with van der Waals surface area (Å²) in [7, 11) is 0. The molecule has 0 atom stereocenters. The van der Waals surface area contributed by atoms with E-state index in [0.29, 0.717) is 11.1 Å². The first-order chi connectivity index (χ1) is 11.9. The van der Waals surface area contributed by atoms with Crippen LogP contribution in [0.15, 0.2) is 42.5 Å². The molecule has 1 amide bonds. The highest BCUT2D eigenvalue weighted by atomic mass is 16.5. The van der Waals surface area contributed by atoms with E-state index >= 15 is 0 Å². The summed E-state index contributed by atoms with van der Waals surface area (Å²) in [5, 5.41) is 11.8. The second-order valence-corrected chi connectivity index (χ2v) is 6.17. The molecule has 2 rings (SSSR count). The molecule has 25 heavy (non-hydrogen) atoms. The van der Waals surface area contributed by atoms with Crippen molar-refractivity contribution in [3.05, 3.63) is 64.7 Å². The van der Waals surface area contributed by atoms with Gasteiger partial charge in [0.25, 0.3) is 5.91 Å². The number of carbonyl (C=O) groups excluding carboxylic acids is 2. The largest absolute Gasteiger partial charge is 0.452 e. The molecule has 0 saturated carbocycles. The number of ether oxygens (including phenoxy) is 1. The van der Waals surface area contributed by atoms with Crippen molar-refractivity contribution in [1.29, 1.82) is 0 Å². The quantitative estimate of drug-likeness (QED) is 0.790. The van der Waals surface area contributed by atoms with Gasteiger partial charge in [-0.3, -0.25) is 4.79 Å². The summed E-state index contributed by atoms with van der Waals surface area (Å²) < 4.78 is 5.06. The number of hydrogen-bond donors (Lipinski definition) is 2. The van der Waals surface area contributed by atoms with Gasteiger partial charge in [0, 0.05) is 5.69 Å². The van der Waals surface area contributed by atoms with E-state index in [1.165, 1.54) is 0 Å². The highest BCUT2D eigenvalue weighted by molar-refractivity contribution is 5.96. The predicted octanol–water partition coefficient (Wildman–Crippen LogP) is 3.41. The van der Waals surface area contributed by atoms with E-state index in [1.807, 2.05) is 25.1 Å². The van der Waals surface area contributed by atoms with Crippen LogP contribution in [0.1, 0.15) is 46.8 Å². The molecule has 0 fully saturated rings. The Morgan fingerprint density at radius 3 is 2.40 bits per heavy atom. The molecular weight excluding hydrogens is 318 g/mol. The van der Waals surface area contributed by atoms with Crippen molar-refractivity contribution in [2.45, 2.75) is 33.3 Å². The summed E-state index contributed by atoms with van der Waals surface area (Å²) in [6.45, 7) is 5.59. The summed E-state index contributed by atoms with van der Waals surface area (Å²) in [5.74, 6) is -0.687. The zero-order valence-corrected chi connectivity index (χ0v) is 14.7. The first-order valence-corrected chi connectivity index (χ1v) is 8.18. The molecule has 2 N–H and O–H groups in total. The van der Waals surface area contributed by atoms with Crippen LogP contribution in [0.2, 0.25) is 0 Å². The van der Waals surface area contributed by atoms with Gasteiger partial charge < -0.3 is 15.2 Å². The lowest BCUT2D eigenvalue weighted by Gasteiger charge is -2.16. The molecule has 5 nitrogen and oxygen atoms in total. The SMILES string of the molecule is Cc1cccc(C(C)C)c1NC(=O)COC(=O)c1ccc(CO)cc1. The van der Waals surface area contributed by atoms with Crippen LogP contribution in [-0.4, -0.2) is 23.6 Å². The molecule has 0 unspecified atom stereocenters. The van der Waals surface area contributed by atoms with Gasteiger partial charge in [0.1, 0.15) is 0 Å². The van der Waals surface area contributed by atoms with E-state index in [1.54, 1.807) is 24.3 Å². The number of para-hydroxylation sites is 1. The molecule has 2 aromatic carbocycles. The van der Waals surface area contributed by atoms with Gasteiger partial charge in [-0.2, -0.15) is 0 Å². The number of nitrogens with one attached hydrogen (secondary N) is 1. The number of aliphatic hydroxyl groups excluding tert-OH is 1. The molecule has 5 heteroatoms. The van der Waals surface area contributed by atoms with Crippen molar-refractivity contribution < 1.29 is 19.4 Å². The van der Waals surface area contributed by atoms with Crippen LogP contribution in [-0.2, 0) is 16.1 Å². The lowest BCUT2D eigenvalue weighted by Crippen LogP contribution is -2.22. The summed E-state index contributed by atoms with van der Waals surface area (Å²) in [6.07, 6.45) is 0. The van der Waals surface area contributed by atoms with E-state index in [-0.39, 0.29) is 25.0 Å². The lowest BCUT2D eigenvalue weighted by molar-refractivity contribution is -0.119. The molecule has 0 saturated heterocycles. The van der Waals surface area contributed by atoms with E-state index in [9.17, 15) is 9.59 Å². The molecule has 0 aromatic heterocycles. The monoisotopic (exact) mass is 341 g/mol. The maximum atomic E-state index is 12.2. The number of hydrogen-bond acceptors (Lipinski definition) is 4. The van der Waals surface area contributed by atoms with Crippen molar-refractivity contribution in [3.63, 3.8) is 0 Å². The number of esters is 1. The average Bonchev–Trinajstić information content (AvgIpc) is 2.61. The highest BCUT2D eigenvalue weighted by Crippen LogP contribution is 2.27. The number of aryl methyl sites for hydroxylation is 1. The number of amides is 1. The third-order valence-corrected chi connectivity index (χ3v) is 3.90. The summed E-state index contributed by atoms with van der Waals surface area (Å²) >= 11 is 0. The molecule has 0 bridgehead atoms. The Hall–Kier alpha value is -2.66. The Balaban J connectivity index is 1.98. The standard InChI is InChI=1S/C20H23NO4/c1-13(2)17-6-4-5-14(3)19(17)21-18(23)12-25-20(24)16-9-7-15(11-22)8-10-16/h4-10,13,22H,11-12H2,1-3H3,(H,21,23). The summed E-state index contributed by atoms with van der Waals surface area (Å²) in [4.78, 5) is 24.1. The third-order valence-electron chi connectivity index (χ3n) is 3.90. The number of rotatable bonds is 6. The maximum Gasteiger partial charge on any atom is 0.338 e. The normalized spacial score (nSPS) is 10.6. The van der Waals surface area contributed by atoms with Gasteiger partial charge in [-0.05, 0) is 41.7 Å². The third kappa shape index (κ3) is 4.90. The smallest absolute Gasteiger partial charge is 0.338 e. The van der Waals surface area contributed by atoms with E-state index in [0.717, 1.165) is 16.8 Å². The molecule has 132 valence electrons. The minimum absolute atomic E-state index is 0.0909. The minimum Gasteiger partial charge on any atom is -0.452 e. The van der Waals surface area contributed by atoms with Crippen molar-refractivity contribution in [3.8, 4) is 0 Å². The number of anilines is 1. The summed E-state index contributed by atoms with van der Waals surface area (Å²) in [5.41, 5.74) is 3.81. The van der Waals surface area contributed by atoms with Gasteiger partial charge in [0.15, 0.2) is 6.61 Å². The van der Waals surface area contributed by atoms with Crippen LogP contribution >= 0.6 is 0 Å². The zero-order valence-electron chi connectivity index (χ0n) is 14.7. The predicted molar refractivity (Wildman–Crippen MR) is 96.5 cm³/mol. The average molecular weight is 341 g/mol. The molecule has 0 radical (unpaired) electrons. The molecule has 0 heterocycles. The minimum atomic E-state index is -0.575. The van der Waals surface area contributed by atoms with Crippen LogP contribution in [0.4, 0.5) is 5.69 Å². The van der Waals surface area contributed by atoms with Crippen LogP contribution in [0, 0.1) is 6.92 Å². The van der Waals surface area contributed by atoms with Crippen molar-refractivity contribution >= 4 is 17.6 Å². The molecule has 0 aliphatic carbocycles. The Kier molecular flexibility index (Phi) is 6.31. The Morgan fingerprint density at radius 1 is 1.12 bits per heavy atom. The highest BCUT2D eigenvalue weighted by Gasteiger charge is 2.14. The van der Waals surface area contributed by atoms with Crippen LogP contribution in [0.5, 0.6) is 0 Å². The Labute approximate surface area is 147 Å². The van der Waals surface area contributed by atoms with Crippen LogP contribution in [0.25, 0.3) is 0 Å². The zero-order chi connectivity index (χ0) is 18.4. The second-order valence-electron chi connectivity index (χ2n) is 6.17. The molecular formula is C20H23NO4. The van der Waals surface area contributed by atoms with E-state index in [4.69, 9.17) is 9.84 Å². The summed E-state index contributed by atoms with van der Waals surface area (Å²) in [6, 6.07) is 12.3. The van der Waals surface area contributed by atoms with E-state index in [2.05, 4.69) is 19.2 Å². The Bertz CT molecular complexity index is 751. The Morgan fingerprint density at radius 2 is 1.80 bits per heavy atom. The van der Waals surface area contributed by atoms with Gasteiger partial charge in [0.05, 0.1) is 12.2 Å². The number of benzene rings is 2. The fourth-order valence-electron chi connectivity index (χ4n) is 2.48. The molecule has 0 aliphatic rings. The molecule has 0 spiro atoms. The maximum absolute atomic E-state index is 12.2. The van der Waals surface area contributed by atoms with Gasteiger partial charge in [0.2, 0.25) is 0 Å². The van der Waals surface area contributed by atoms with Crippen molar-refractivity contribution in [1.82, 2.24) is 0 Å². The molecule has 0 aliphatic heterocycles. The van der Waals surface area contributed by atoms with Gasteiger partial charge in [-0.1, -0.05) is 44.2 Å². The van der Waals surface area contributed by atoms with E-state index < -0.39 is 5.97 Å². The van der Waals surface area contributed by atoms with Gasteiger partial charge >= 0.3 is 5.97 Å². The first-order valence-electron chi connectivity index (χ1n) is 8.18. The topological polar surface area (TPSA) is 75.6 Å². The first kappa shape index (κ1) is 18.7. The number of aliphatic hydroxyl groups is 1. The molecule has 2 aromatic rings. The van der Waals surface area contributed by atoms with Crippen molar-refractivity contribution in [2.24, 2.45) is 0 Å². The fourth-order valence-corrected chi connectivity index (χ4v) is 2.48. The second kappa shape index (κ2) is 8.44. The number of carbonyl (C=O) groups is 2. The van der Waals surface area contributed by atoms with Gasteiger partial charge in [-0.25, -0.2) is 4.79 Å². The fraction of sp³-hybridized carbons (Fsp3) is 0.300. The van der Waals surface area contributed by atoms with Crippen molar-refractivity contribution in [2.75, 3.05) is 11.9 Å². The van der Waals surface area contributed by atoms with Crippen LogP contribution < -0.4 is 5.32 Å². The van der Waals surface area contributed by atoms with Crippen LogP contribution in [0.3, 0.4) is 0 Å². The lowest BCUT2D eigenvalue weighted by atomic mass is 9.98. The van der Waals surface area contributed by atoms with Gasteiger partial charge in [-0.15, -0.1) is 0 Å².